The summed E-state index contributed by atoms with van der Waals surface area (Å²) in [4.78, 5) is 22.0. The van der Waals surface area contributed by atoms with Crippen molar-refractivity contribution in [1.82, 2.24) is 19.4 Å². The number of hydrogen-bond acceptors (Lipinski definition) is 6. The number of carbonyl (C=O) groups excluding carboxylic acids is 1. The first kappa shape index (κ1) is 23.3. The first-order valence-electron chi connectivity index (χ1n) is 13.4. The summed E-state index contributed by atoms with van der Waals surface area (Å²) < 4.78 is 1.97. The minimum absolute atomic E-state index is 0.0136. The molecule has 36 heavy (non-hydrogen) atoms. The zero-order chi connectivity index (χ0) is 24.6. The average molecular weight is 489 g/mol. The zero-order valence-corrected chi connectivity index (χ0v) is 21.1. The lowest BCUT2D eigenvalue weighted by atomic mass is 9.81. The van der Waals surface area contributed by atoms with Gasteiger partial charge in [-0.1, -0.05) is 19.1 Å². The lowest BCUT2D eigenvalue weighted by Crippen LogP contribution is -2.52. The van der Waals surface area contributed by atoms with Crippen LogP contribution >= 0.6 is 0 Å². The van der Waals surface area contributed by atoms with Gasteiger partial charge in [-0.05, 0) is 49.2 Å². The van der Waals surface area contributed by atoms with Gasteiger partial charge in [0.1, 0.15) is 0 Å². The number of anilines is 2. The third-order valence-corrected chi connectivity index (χ3v) is 8.27. The molecule has 3 aliphatic rings. The molecule has 190 valence electrons. The Balaban J connectivity index is 1.15. The highest BCUT2D eigenvalue weighted by Crippen LogP contribution is 2.32. The normalized spacial score (nSPS) is 23.2. The van der Waals surface area contributed by atoms with Gasteiger partial charge < -0.3 is 24.7 Å². The van der Waals surface area contributed by atoms with E-state index in [-0.39, 0.29) is 17.9 Å². The van der Waals surface area contributed by atoms with Crippen LogP contribution in [0.5, 0.6) is 0 Å². The Bertz CT molecular complexity index is 1200. The molecule has 0 unspecified atom stereocenters. The van der Waals surface area contributed by atoms with Gasteiger partial charge in [0, 0.05) is 81.9 Å². The molecule has 4 heterocycles. The minimum atomic E-state index is -0.290. The molecule has 8 nitrogen and oxygen atoms in total. The van der Waals surface area contributed by atoms with Crippen molar-refractivity contribution in [3.63, 3.8) is 0 Å². The van der Waals surface area contributed by atoms with E-state index >= 15 is 0 Å². The maximum Gasteiger partial charge on any atom is 0.226 e. The number of fused-ring (bicyclic) bond motifs is 1. The van der Waals surface area contributed by atoms with Crippen molar-refractivity contribution in [3.05, 3.63) is 48.8 Å². The standard InChI is InChI=1S/C28H36N6O2/c1-2-30-9-11-31(12-10-30)24-5-3-21(4-6-24)23-19-27-26(7-8-29-34(27)20-23)32-13-15-33(16-14-32)28(36)22-17-25(35)18-22/h3-8,19-20,22,25,35H,2,9-18H2,1H3. The molecule has 1 aliphatic carbocycles. The number of piperazine rings is 2. The number of aliphatic hydroxyl groups excluding tert-OH is 1. The van der Waals surface area contributed by atoms with Crippen molar-refractivity contribution in [2.45, 2.75) is 25.9 Å². The van der Waals surface area contributed by atoms with Crippen molar-refractivity contribution >= 4 is 22.8 Å². The second-order valence-corrected chi connectivity index (χ2v) is 10.4. The van der Waals surface area contributed by atoms with Crippen molar-refractivity contribution in [1.29, 1.82) is 0 Å². The maximum atomic E-state index is 12.7. The Morgan fingerprint density at radius 3 is 2.28 bits per heavy atom. The molecule has 2 aliphatic heterocycles. The SMILES string of the molecule is CCN1CCN(c2ccc(-c3cc4c(N5CCN(C(=O)C6CC(O)C6)CC5)ccnn4c3)cc2)CC1. The smallest absolute Gasteiger partial charge is 0.226 e. The Morgan fingerprint density at radius 1 is 0.917 bits per heavy atom. The van der Waals surface area contributed by atoms with Crippen LogP contribution in [0.15, 0.2) is 48.8 Å². The van der Waals surface area contributed by atoms with Gasteiger partial charge in [-0.25, -0.2) is 4.52 Å². The summed E-state index contributed by atoms with van der Waals surface area (Å²) in [6.07, 6.45) is 4.91. The molecule has 3 aromatic rings. The molecule has 1 amide bonds. The molecule has 2 saturated heterocycles. The van der Waals surface area contributed by atoms with E-state index in [9.17, 15) is 9.90 Å². The van der Waals surface area contributed by atoms with Crippen molar-refractivity contribution < 1.29 is 9.90 Å². The van der Waals surface area contributed by atoms with E-state index in [0.717, 1.165) is 75.7 Å². The van der Waals surface area contributed by atoms with Crippen LogP contribution < -0.4 is 9.80 Å². The van der Waals surface area contributed by atoms with Crippen LogP contribution in [0.2, 0.25) is 0 Å². The fourth-order valence-electron chi connectivity index (χ4n) is 5.83. The number of carbonyl (C=O) groups is 1. The first-order valence-corrected chi connectivity index (χ1v) is 13.4. The van der Waals surface area contributed by atoms with E-state index in [4.69, 9.17) is 0 Å². The molecule has 3 fully saturated rings. The number of aromatic nitrogens is 2. The van der Waals surface area contributed by atoms with Crippen LogP contribution in [0.1, 0.15) is 19.8 Å². The summed E-state index contributed by atoms with van der Waals surface area (Å²) >= 11 is 0. The molecular weight excluding hydrogens is 452 g/mol. The van der Waals surface area contributed by atoms with E-state index in [1.54, 1.807) is 0 Å². The predicted molar refractivity (Wildman–Crippen MR) is 142 cm³/mol. The summed E-state index contributed by atoms with van der Waals surface area (Å²) in [5.74, 6) is 0.222. The van der Waals surface area contributed by atoms with Crippen molar-refractivity contribution in [2.24, 2.45) is 5.92 Å². The van der Waals surface area contributed by atoms with E-state index in [1.807, 2.05) is 15.6 Å². The Morgan fingerprint density at radius 2 is 1.61 bits per heavy atom. The third-order valence-electron chi connectivity index (χ3n) is 8.27. The fourth-order valence-corrected chi connectivity index (χ4v) is 5.83. The van der Waals surface area contributed by atoms with Gasteiger partial charge in [-0.3, -0.25) is 4.79 Å². The summed E-state index contributed by atoms with van der Waals surface area (Å²) in [5, 5.41) is 14.1. The van der Waals surface area contributed by atoms with Crippen molar-refractivity contribution in [3.8, 4) is 11.1 Å². The van der Waals surface area contributed by atoms with E-state index in [1.165, 1.54) is 11.3 Å². The largest absolute Gasteiger partial charge is 0.393 e. The number of nitrogens with zero attached hydrogens (tertiary/aromatic N) is 6. The molecule has 1 aromatic carbocycles. The fraction of sp³-hybridized carbons (Fsp3) is 0.500. The highest BCUT2D eigenvalue weighted by molar-refractivity contribution is 5.82. The molecule has 1 N–H and O–H groups in total. The van der Waals surface area contributed by atoms with Crippen molar-refractivity contribution in [2.75, 3.05) is 68.7 Å². The topological polar surface area (TPSA) is 67.6 Å². The maximum absolute atomic E-state index is 12.7. The molecule has 8 heteroatoms. The Labute approximate surface area is 212 Å². The molecule has 2 aromatic heterocycles. The third kappa shape index (κ3) is 4.44. The zero-order valence-electron chi connectivity index (χ0n) is 21.1. The number of benzene rings is 1. The number of hydrogen-bond donors (Lipinski definition) is 1. The Hall–Kier alpha value is -3.10. The molecule has 0 atom stereocenters. The van der Waals surface area contributed by atoms with Crippen LogP contribution in [-0.4, -0.2) is 95.4 Å². The monoisotopic (exact) mass is 488 g/mol. The highest BCUT2D eigenvalue weighted by atomic mass is 16.3. The summed E-state index contributed by atoms with van der Waals surface area (Å²) in [5.41, 5.74) is 5.90. The summed E-state index contributed by atoms with van der Waals surface area (Å²) in [6.45, 7) is 10.8. The van der Waals surface area contributed by atoms with Crippen LogP contribution in [0, 0.1) is 5.92 Å². The Kier molecular flexibility index (Phi) is 6.31. The van der Waals surface area contributed by atoms with Gasteiger partial charge in [0.25, 0.3) is 0 Å². The lowest BCUT2D eigenvalue weighted by Gasteiger charge is -2.40. The van der Waals surface area contributed by atoms with Gasteiger partial charge in [0.15, 0.2) is 0 Å². The lowest BCUT2D eigenvalue weighted by molar-refractivity contribution is -0.142. The number of amides is 1. The van der Waals surface area contributed by atoms with Crippen LogP contribution in [0.25, 0.3) is 16.6 Å². The molecule has 0 bridgehead atoms. The summed E-state index contributed by atoms with van der Waals surface area (Å²) in [6, 6.07) is 13.2. The van der Waals surface area contributed by atoms with E-state index in [0.29, 0.717) is 12.8 Å². The van der Waals surface area contributed by atoms with E-state index < -0.39 is 0 Å². The summed E-state index contributed by atoms with van der Waals surface area (Å²) in [7, 11) is 0. The molecule has 0 radical (unpaired) electrons. The van der Waals surface area contributed by atoms with Gasteiger partial charge in [-0.15, -0.1) is 0 Å². The quantitative estimate of drug-likeness (QED) is 0.596. The molecular formula is C28H36N6O2. The second-order valence-electron chi connectivity index (χ2n) is 10.4. The van der Waals surface area contributed by atoms with Gasteiger partial charge in [-0.2, -0.15) is 5.10 Å². The molecule has 1 saturated carbocycles. The van der Waals surface area contributed by atoms with Gasteiger partial charge in [0.2, 0.25) is 5.91 Å². The predicted octanol–water partition coefficient (Wildman–Crippen LogP) is 2.56. The van der Waals surface area contributed by atoms with Gasteiger partial charge >= 0.3 is 0 Å². The second kappa shape index (κ2) is 9.75. The highest BCUT2D eigenvalue weighted by Gasteiger charge is 2.36. The van der Waals surface area contributed by atoms with Crippen LogP contribution in [0.4, 0.5) is 11.4 Å². The minimum Gasteiger partial charge on any atom is -0.393 e. The first-order chi connectivity index (χ1) is 17.6. The molecule has 6 rings (SSSR count). The van der Waals surface area contributed by atoms with Gasteiger partial charge in [0.05, 0.1) is 17.3 Å². The average Bonchev–Trinajstić information content (AvgIpc) is 3.36. The van der Waals surface area contributed by atoms with Crippen LogP contribution in [0.3, 0.4) is 0 Å². The number of rotatable bonds is 5. The van der Waals surface area contributed by atoms with E-state index in [2.05, 4.69) is 69.3 Å². The van der Waals surface area contributed by atoms with Crippen LogP contribution in [-0.2, 0) is 4.79 Å². The number of likely N-dealkylation sites (N-methyl/N-ethyl adjacent to an activating group) is 1. The molecule has 0 spiro atoms. The number of aliphatic hydroxyl groups is 1.